The van der Waals surface area contributed by atoms with E-state index in [1.807, 2.05) is 0 Å². The van der Waals surface area contributed by atoms with Gasteiger partial charge in [0.15, 0.2) is 0 Å². The highest BCUT2D eigenvalue weighted by Gasteiger charge is 2.03. The van der Waals surface area contributed by atoms with Gasteiger partial charge in [0.25, 0.3) is 5.91 Å². The van der Waals surface area contributed by atoms with Gasteiger partial charge in [-0.25, -0.2) is 9.82 Å². The van der Waals surface area contributed by atoms with Crippen molar-refractivity contribution in [2.75, 3.05) is 0 Å². The molecule has 2 aromatic rings. The lowest BCUT2D eigenvalue weighted by Crippen LogP contribution is -2.17. The number of amides is 1. The maximum Gasteiger partial charge on any atom is 0.271 e. The predicted molar refractivity (Wildman–Crippen MR) is 69.6 cm³/mol. The molecule has 0 saturated heterocycles. The van der Waals surface area contributed by atoms with Gasteiger partial charge >= 0.3 is 0 Å². The summed E-state index contributed by atoms with van der Waals surface area (Å²) in [5, 5.41) is 12.9. The molecule has 2 aromatic carbocycles. The Bertz CT molecular complexity index is 592. The van der Waals surface area contributed by atoms with E-state index in [4.69, 9.17) is 5.11 Å². The minimum atomic E-state index is -0.421. The van der Waals surface area contributed by atoms with Gasteiger partial charge in [-0.2, -0.15) is 5.10 Å². The summed E-state index contributed by atoms with van der Waals surface area (Å²) in [6.07, 6.45) is 1.45. The van der Waals surface area contributed by atoms with Crippen LogP contribution in [0.4, 0.5) is 4.39 Å². The number of nitrogens with one attached hydrogen (secondary N) is 1. The van der Waals surface area contributed by atoms with Crippen LogP contribution >= 0.6 is 0 Å². The first-order valence-corrected chi connectivity index (χ1v) is 5.53. The lowest BCUT2D eigenvalue weighted by atomic mass is 10.2. The van der Waals surface area contributed by atoms with Crippen molar-refractivity contribution in [1.82, 2.24) is 5.43 Å². The molecule has 0 fully saturated rings. The summed E-state index contributed by atoms with van der Waals surface area (Å²) in [6.45, 7) is 0. The maximum absolute atomic E-state index is 12.7. The van der Waals surface area contributed by atoms with Gasteiger partial charge in [0.05, 0.1) is 6.21 Å². The van der Waals surface area contributed by atoms with Crippen molar-refractivity contribution < 1.29 is 14.3 Å². The molecular weight excluding hydrogens is 247 g/mol. The van der Waals surface area contributed by atoms with Crippen molar-refractivity contribution >= 4 is 12.1 Å². The number of hydrogen-bond acceptors (Lipinski definition) is 3. The predicted octanol–water partition coefficient (Wildman–Crippen LogP) is 2.30. The van der Waals surface area contributed by atoms with Crippen LogP contribution in [0.1, 0.15) is 15.9 Å². The molecule has 1 amide bonds. The van der Waals surface area contributed by atoms with E-state index in [0.717, 1.165) is 5.56 Å². The van der Waals surface area contributed by atoms with Crippen molar-refractivity contribution in [3.63, 3.8) is 0 Å². The molecule has 2 rings (SSSR count). The van der Waals surface area contributed by atoms with Crippen LogP contribution in [0, 0.1) is 5.82 Å². The van der Waals surface area contributed by atoms with E-state index >= 15 is 0 Å². The molecule has 0 aliphatic carbocycles. The van der Waals surface area contributed by atoms with Crippen LogP contribution in [0.2, 0.25) is 0 Å². The third kappa shape index (κ3) is 3.64. The van der Waals surface area contributed by atoms with E-state index in [9.17, 15) is 9.18 Å². The number of halogens is 1. The summed E-state index contributed by atoms with van der Waals surface area (Å²) in [6, 6.07) is 11.5. The number of carbonyl (C=O) groups excluding carboxylic acids is 1. The zero-order valence-corrected chi connectivity index (χ0v) is 9.88. The quantitative estimate of drug-likeness (QED) is 0.655. The number of rotatable bonds is 3. The molecular formula is C14H11FN2O2. The molecule has 0 atom stereocenters. The summed E-state index contributed by atoms with van der Waals surface area (Å²) in [5.74, 6) is -0.660. The number of carbonyl (C=O) groups is 1. The molecule has 0 radical (unpaired) electrons. The molecule has 19 heavy (non-hydrogen) atoms. The van der Waals surface area contributed by atoms with Crippen LogP contribution in [0.25, 0.3) is 0 Å². The van der Waals surface area contributed by atoms with Gasteiger partial charge in [0.1, 0.15) is 11.6 Å². The molecule has 5 heteroatoms. The molecule has 0 bridgehead atoms. The monoisotopic (exact) mass is 258 g/mol. The SMILES string of the molecule is O=C(N/N=C/c1ccc(O)cc1)c1ccc(F)cc1. The second kappa shape index (κ2) is 5.77. The van der Waals surface area contributed by atoms with Gasteiger partial charge in [-0.15, -0.1) is 0 Å². The van der Waals surface area contributed by atoms with Crippen molar-refractivity contribution in [3.8, 4) is 5.75 Å². The van der Waals surface area contributed by atoms with E-state index in [1.54, 1.807) is 12.1 Å². The number of nitrogens with zero attached hydrogens (tertiary/aromatic N) is 1. The highest BCUT2D eigenvalue weighted by atomic mass is 19.1. The standard InChI is InChI=1S/C14H11FN2O2/c15-12-5-3-11(4-6-12)14(19)17-16-9-10-1-7-13(18)8-2-10/h1-9,18H,(H,17,19)/b16-9+. The number of hydrogen-bond donors (Lipinski definition) is 2. The largest absolute Gasteiger partial charge is 0.508 e. The van der Waals surface area contributed by atoms with E-state index < -0.39 is 11.7 Å². The zero-order chi connectivity index (χ0) is 13.7. The number of aromatic hydroxyl groups is 1. The van der Waals surface area contributed by atoms with Crippen LogP contribution in [-0.2, 0) is 0 Å². The average molecular weight is 258 g/mol. The Morgan fingerprint density at radius 1 is 1.11 bits per heavy atom. The Labute approximate surface area is 109 Å². The van der Waals surface area contributed by atoms with Crippen molar-refractivity contribution in [3.05, 3.63) is 65.5 Å². The van der Waals surface area contributed by atoms with E-state index in [-0.39, 0.29) is 5.75 Å². The van der Waals surface area contributed by atoms with Gasteiger partial charge < -0.3 is 5.11 Å². The van der Waals surface area contributed by atoms with Crippen LogP contribution in [0.3, 0.4) is 0 Å². The molecule has 4 nitrogen and oxygen atoms in total. The molecule has 0 saturated carbocycles. The Morgan fingerprint density at radius 3 is 2.37 bits per heavy atom. The Hall–Kier alpha value is -2.69. The summed E-state index contributed by atoms with van der Waals surface area (Å²) in [7, 11) is 0. The van der Waals surface area contributed by atoms with Crippen LogP contribution in [-0.4, -0.2) is 17.2 Å². The molecule has 2 N–H and O–H groups in total. The average Bonchev–Trinajstić information content (AvgIpc) is 2.41. The highest BCUT2D eigenvalue weighted by Crippen LogP contribution is 2.07. The highest BCUT2D eigenvalue weighted by molar-refractivity contribution is 5.94. The fourth-order valence-electron chi connectivity index (χ4n) is 1.39. The molecule has 96 valence electrons. The first-order chi connectivity index (χ1) is 9.15. The number of phenolic OH excluding ortho intramolecular Hbond substituents is 1. The van der Waals surface area contributed by atoms with Gasteiger partial charge in [0, 0.05) is 5.56 Å². The normalized spacial score (nSPS) is 10.6. The van der Waals surface area contributed by atoms with Crippen molar-refractivity contribution in [2.24, 2.45) is 5.10 Å². The Morgan fingerprint density at radius 2 is 1.74 bits per heavy atom. The van der Waals surface area contributed by atoms with Gasteiger partial charge in [-0.1, -0.05) is 0 Å². The maximum atomic E-state index is 12.7. The molecule has 0 aliphatic heterocycles. The molecule has 0 heterocycles. The van der Waals surface area contributed by atoms with Gasteiger partial charge in [-0.05, 0) is 54.1 Å². The minimum absolute atomic E-state index is 0.160. The van der Waals surface area contributed by atoms with E-state index in [2.05, 4.69) is 10.5 Å². The lowest BCUT2D eigenvalue weighted by molar-refractivity contribution is 0.0955. The molecule has 0 aliphatic rings. The van der Waals surface area contributed by atoms with E-state index in [1.165, 1.54) is 42.6 Å². The lowest BCUT2D eigenvalue weighted by Gasteiger charge is -1.99. The summed E-state index contributed by atoms with van der Waals surface area (Å²) in [4.78, 5) is 11.6. The Kier molecular flexibility index (Phi) is 3.87. The zero-order valence-electron chi connectivity index (χ0n) is 9.88. The topological polar surface area (TPSA) is 61.7 Å². The van der Waals surface area contributed by atoms with Crippen LogP contribution < -0.4 is 5.43 Å². The van der Waals surface area contributed by atoms with Crippen molar-refractivity contribution in [2.45, 2.75) is 0 Å². The third-order valence-electron chi connectivity index (χ3n) is 2.38. The summed E-state index contributed by atoms with van der Waals surface area (Å²) in [5.41, 5.74) is 3.38. The van der Waals surface area contributed by atoms with E-state index in [0.29, 0.717) is 5.56 Å². The van der Waals surface area contributed by atoms with Gasteiger partial charge in [-0.3, -0.25) is 4.79 Å². The van der Waals surface area contributed by atoms with Gasteiger partial charge in [0.2, 0.25) is 0 Å². The second-order valence-corrected chi connectivity index (χ2v) is 3.80. The number of phenols is 1. The first kappa shape index (κ1) is 12.8. The fraction of sp³-hybridized carbons (Fsp3) is 0. The summed E-state index contributed by atoms with van der Waals surface area (Å²) >= 11 is 0. The molecule has 0 unspecified atom stereocenters. The minimum Gasteiger partial charge on any atom is -0.508 e. The first-order valence-electron chi connectivity index (χ1n) is 5.53. The third-order valence-corrected chi connectivity index (χ3v) is 2.38. The summed E-state index contributed by atoms with van der Waals surface area (Å²) < 4.78 is 12.7. The Balaban J connectivity index is 1.96. The number of benzene rings is 2. The number of hydrazone groups is 1. The van der Waals surface area contributed by atoms with Crippen molar-refractivity contribution in [1.29, 1.82) is 0 Å². The molecule has 0 aromatic heterocycles. The van der Waals surface area contributed by atoms with Crippen LogP contribution in [0.15, 0.2) is 53.6 Å². The smallest absolute Gasteiger partial charge is 0.271 e. The fourth-order valence-corrected chi connectivity index (χ4v) is 1.39. The molecule has 0 spiro atoms. The second-order valence-electron chi connectivity index (χ2n) is 3.80. The van der Waals surface area contributed by atoms with Crippen LogP contribution in [0.5, 0.6) is 5.75 Å².